The molecule has 0 bridgehead atoms. The molecule has 1 saturated heterocycles. The Balaban J connectivity index is 3.07. The van der Waals surface area contributed by atoms with Crippen molar-refractivity contribution in [3.8, 4) is 0 Å². The van der Waals surface area contributed by atoms with Crippen LogP contribution in [0.15, 0.2) is 0 Å². The minimum atomic E-state index is -4.89. The Labute approximate surface area is 111 Å². The summed E-state index contributed by atoms with van der Waals surface area (Å²) < 4.78 is 40.3. The SMILES string of the molecule is CCCCC1(OS(=O)(=O)O)O[C@H](C)[C@@H](O)[C@H](O)[C@H]1O. The van der Waals surface area contributed by atoms with Crippen LogP contribution in [-0.2, 0) is 19.3 Å². The third-order valence-corrected chi connectivity index (χ3v) is 3.61. The molecule has 8 nitrogen and oxygen atoms in total. The highest BCUT2D eigenvalue weighted by atomic mass is 32.3. The van der Waals surface area contributed by atoms with Crippen molar-refractivity contribution in [2.24, 2.45) is 0 Å². The topological polar surface area (TPSA) is 134 Å². The summed E-state index contributed by atoms with van der Waals surface area (Å²) in [6.45, 7) is 3.22. The molecule has 0 aromatic carbocycles. The van der Waals surface area contributed by atoms with Crippen LogP contribution in [0.2, 0.25) is 0 Å². The first-order valence-electron chi connectivity index (χ1n) is 6.03. The van der Waals surface area contributed by atoms with Crippen LogP contribution in [0, 0.1) is 0 Å². The number of hydrogen-bond acceptors (Lipinski definition) is 7. The Morgan fingerprint density at radius 3 is 2.32 bits per heavy atom. The van der Waals surface area contributed by atoms with Crippen LogP contribution >= 0.6 is 0 Å². The van der Waals surface area contributed by atoms with Crippen molar-refractivity contribution in [2.75, 3.05) is 0 Å². The smallest absolute Gasteiger partial charge is 0.388 e. The van der Waals surface area contributed by atoms with Crippen LogP contribution in [0.4, 0.5) is 0 Å². The fourth-order valence-electron chi connectivity index (χ4n) is 2.10. The minimum Gasteiger partial charge on any atom is -0.388 e. The second-order valence-electron chi connectivity index (χ2n) is 4.68. The van der Waals surface area contributed by atoms with Gasteiger partial charge in [-0.3, -0.25) is 4.55 Å². The first-order chi connectivity index (χ1) is 8.63. The van der Waals surface area contributed by atoms with Gasteiger partial charge < -0.3 is 20.1 Å². The van der Waals surface area contributed by atoms with Gasteiger partial charge in [-0.1, -0.05) is 13.3 Å². The van der Waals surface area contributed by atoms with E-state index in [-0.39, 0.29) is 6.42 Å². The average molecular weight is 300 g/mol. The fraction of sp³-hybridized carbons (Fsp3) is 1.00. The van der Waals surface area contributed by atoms with Crippen molar-refractivity contribution in [1.82, 2.24) is 0 Å². The lowest BCUT2D eigenvalue weighted by atomic mass is 9.90. The van der Waals surface area contributed by atoms with E-state index >= 15 is 0 Å². The molecule has 1 aliphatic rings. The molecule has 4 N–H and O–H groups in total. The first-order valence-corrected chi connectivity index (χ1v) is 7.39. The summed E-state index contributed by atoms with van der Waals surface area (Å²) in [4.78, 5) is 0. The number of ether oxygens (including phenoxy) is 1. The van der Waals surface area contributed by atoms with Gasteiger partial charge in [-0.2, -0.15) is 8.42 Å². The molecule has 0 radical (unpaired) electrons. The van der Waals surface area contributed by atoms with Gasteiger partial charge in [-0.25, -0.2) is 4.18 Å². The van der Waals surface area contributed by atoms with Crippen LogP contribution in [0.25, 0.3) is 0 Å². The second kappa shape index (κ2) is 6.00. The predicted octanol–water partition coefficient (Wildman–Crippen LogP) is -0.806. The molecule has 0 aromatic heterocycles. The predicted molar refractivity (Wildman–Crippen MR) is 63.5 cm³/mol. The fourth-order valence-corrected chi connectivity index (χ4v) is 2.68. The molecule has 1 unspecified atom stereocenters. The van der Waals surface area contributed by atoms with E-state index in [0.717, 1.165) is 0 Å². The third kappa shape index (κ3) is 3.85. The van der Waals surface area contributed by atoms with E-state index in [1.54, 1.807) is 0 Å². The maximum atomic E-state index is 10.9. The molecular weight excluding hydrogens is 280 g/mol. The molecule has 0 saturated carbocycles. The highest BCUT2D eigenvalue weighted by molar-refractivity contribution is 7.80. The number of aliphatic hydroxyl groups is 3. The lowest BCUT2D eigenvalue weighted by molar-refractivity contribution is -0.333. The monoisotopic (exact) mass is 300 g/mol. The maximum absolute atomic E-state index is 10.9. The van der Waals surface area contributed by atoms with Crippen molar-refractivity contribution in [1.29, 1.82) is 0 Å². The van der Waals surface area contributed by atoms with Gasteiger partial charge in [0, 0.05) is 6.42 Å². The lowest BCUT2D eigenvalue weighted by Crippen LogP contribution is -2.65. The zero-order chi connectivity index (χ0) is 14.8. The largest absolute Gasteiger partial charge is 0.400 e. The molecular formula is C10H20O8S. The first kappa shape index (κ1) is 16.8. The van der Waals surface area contributed by atoms with E-state index in [9.17, 15) is 23.7 Å². The maximum Gasteiger partial charge on any atom is 0.400 e. The van der Waals surface area contributed by atoms with Gasteiger partial charge in [-0.05, 0) is 13.3 Å². The van der Waals surface area contributed by atoms with E-state index in [1.807, 2.05) is 6.92 Å². The Morgan fingerprint density at radius 1 is 1.26 bits per heavy atom. The van der Waals surface area contributed by atoms with Crippen molar-refractivity contribution >= 4 is 10.4 Å². The molecule has 1 rings (SSSR count). The van der Waals surface area contributed by atoms with Crippen LogP contribution in [-0.4, -0.2) is 58.5 Å². The Bertz CT molecular complexity index is 396. The summed E-state index contributed by atoms with van der Waals surface area (Å²) in [7, 11) is -4.89. The Morgan fingerprint density at radius 2 is 1.84 bits per heavy atom. The number of rotatable bonds is 5. The third-order valence-electron chi connectivity index (χ3n) is 3.12. The standard InChI is InChI=1S/C10H20O8S/c1-3-4-5-10(18-19(14,15)16)9(13)8(12)7(11)6(2)17-10/h6-9,11-13H,3-5H2,1-2H3,(H,14,15,16)/t6-,7-,8+,9-,10?/m1/s1. The van der Waals surface area contributed by atoms with E-state index in [4.69, 9.17) is 9.29 Å². The van der Waals surface area contributed by atoms with Crippen LogP contribution in [0.1, 0.15) is 33.1 Å². The number of unbranched alkanes of at least 4 members (excludes halogenated alkanes) is 1. The molecule has 9 heteroatoms. The average Bonchev–Trinajstić information content (AvgIpc) is 2.29. The van der Waals surface area contributed by atoms with Gasteiger partial charge in [0.05, 0.1) is 6.10 Å². The van der Waals surface area contributed by atoms with E-state index in [0.29, 0.717) is 12.8 Å². The van der Waals surface area contributed by atoms with Gasteiger partial charge >= 0.3 is 10.4 Å². The molecule has 114 valence electrons. The van der Waals surface area contributed by atoms with Crippen molar-refractivity contribution in [3.63, 3.8) is 0 Å². The second-order valence-corrected chi connectivity index (χ2v) is 5.70. The Kier molecular flexibility index (Phi) is 5.29. The van der Waals surface area contributed by atoms with Crippen LogP contribution in [0.3, 0.4) is 0 Å². The normalized spacial score (nSPS) is 40.3. The summed E-state index contributed by atoms with van der Waals surface area (Å²) in [5.41, 5.74) is 0. The van der Waals surface area contributed by atoms with Crippen LogP contribution < -0.4 is 0 Å². The molecule has 0 amide bonds. The van der Waals surface area contributed by atoms with Gasteiger partial charge in [0.1, 0.15) is 18.3 Å². The van der Waals surface area contributed by atoms with Gasteiger partial charge in [0.15, 0.2) is 0 Å². The summed E-state index contributed by atoms with van der Waals surface area (Å²) in [6.07, 6.45) is -4.75. The lowest BCUT2D eigenvalue weighted by Gasteiger charge is -2.46. The molecule has 1 aliphatic heterocycles. The summed E-state index contributed by atoms with van der Waals surface area (Å²) in [6, 6.07) is 0. The minimum absolute atomic E-state index is 0.0570. The molecule has 19 heavy (non-hydrogen) atoms. The van der Waals surface area contributed by atoms with Gasteiger partial charge in [0.25, 0.3) is 0 Å². The summed E-state index contributed by atoms with van der Waals surface area (Å²) >= 11 is 0. The Hall–Kier alpha value is -0.290. The zero-order valence-electron chi connectivity index (χ0n) is 10.8. The summed E-state index contributed by atoms with van der Waals surface area (Å²) in [5.74, 6) is -2.10. The molecule has 0 spiro atoms. The summed E-state index contributed by atoms with van der Waals surface area (Å²) in [5, 5.41) is 29.2. The number of hydrogen-bond donors (Lipinski definition) is 4. The molecule has 1 heterocycles. The highest BCUT2D eigenvalue weighted by Crippen LogP contribution is 2.36. The molecule has 0 aromatic rings. The number of aliphatic hydroxyl groups excluding tert-OH is 3. The van der Waals surface area contributed by atoms with Gasteiger partial charge in [-0.15, -0.1) is 0 Å². The van der Waals surface area contributed by atoms with Gasteiger partial charge in [0.2, 0.25) is 5.79 Å². The van der Waals surface area contributed by atoms with Crippen molar-refractivity contribution in [3.05, 3.63) is 0 Å². The van der Waals surface area contributed by atoms with Crippen molar-refractivity contribution < 1.29 is 37.2 Å². The molecule has 5 atom stereocenters. The van der Waals surface area contributed by atoms with Crippen LogP contribution in [0.5, 0.6) is 0 Å². The van der Waals surface area contributed by atoms with E-state index < -0.39 is 40.6 Å². The van der Waals surface area contributed by atoms with Crippen molar-refractivity contribution in [2.45, 2.75) is 63.3 Å². The van der Waals surface area contributed by atoms with E-state index in [2.05, 4.69) is 4.18 Å². The van der Waals surface area contributed by atoms with E-state index in [1.165, 1.54) is 6.92 Å². The highest BCUT2D eigenvalue weighted by Gasteiger charge is 2.55. The quantitative estimate of drug-likeness (QED) is 0.485. The molecule has 0 aliphatic carbocycles. The molecule has 1 fully saturated rings. The zero-order valence-corrected chi connectivity index (χ0v) is 11.6.